The van der Waals surface area contributed by atoms with Crippen LogP contribution in [0, 0.1) is 11.8 Å². The first-order valence-corrected chi connectivity index (χ1v) is 17.2. The molecule has 0 unspecified atom stereocenters. The SMILES string of the molecule is NC(=O)N[C@@H]1CCCN(C(=O)c2ccc(C(=O)N3C[C@@H](C(=O)N[C@H]4C[C@@H]4c4ccccc4)[C@H](C(=O)N[C@H]4C[C@@H]4c4ccccc4)C3)cc2)C1. The van der Waals surface area contributed by atoms with Crippen LogP contribution in [0.25, 0.3) is 0 Å². The van der Waals surface area contributed by atoms with Crippen LogP contribution in [0.1, 0.15) is 69.4 Å². The maximum absolute atomic E-state index is 13.8. The van der Waals surface area contributed by atoms with Crippen molar-refractivity contribution in [3.63, 3.8) is 0 Å². The first-order chi connectivity index (χ1) is 23.7. The van der Waals surface area contributed by atoms with Crippen molar-refractivity contribution in [1.82, 2.24) is 25.8 Å². The zero-order valence-corrected chi connectivity index (χ0v) is 27.3. The van der Waals surface area contributed by atoms with E-state index < -0.39 is 17.9 Å². The highest BCUT2D eigenvalue weighted by Gasteiger charge is 2.49. The standard InChI is InChI=1S/C38H42N6O5/c39-38(49)40-27-12-7-17-43(20-27)36(47)25-13-15-26(16-14-25)37(48)44-21-30(34(45)41-32-18-28(32)23-8-3-1-4-9-23)31(22-44)35(46)42-33-19-29(33)24-10-5-2-6-11-24/h1-6,8-11,13-16,27-33H,7,12,17-22H2,(H,41,45)(H,42,46)(H3,39,40,49)/t27-,28-,29-,30-,31-,32+,33+/m1/s1. The second-order valence-electron chi connectivity index (χ2n) is 13.8. The van der Waals surface area contributed by atoms with Crippen LogP contribution < -0.4 is 21.7 Å². The normalized spacial score (nSPS) is 27.1. The number of amides is 6. The molecule has 11 nitrogen and oxygen atoms in total. The summed E-state index contributed by atoms with van der Waals surface area (Å²) in [5.41, 5.74) is 8.43. The van der Waals surface area contributed by atoms with E-state index in [0.717, 1.165) is 25.7 Å². The lowest BCUT2D eigenvalue weighted by Gasteiger charge is -2.32. The molecule has 4 aliphatic rings. The van der Waals surface area contributed by atoms with Gasteiger partial charge in [-0.1, -0.05) is 60.7 Å². The summed E-state index contributed by atoms with van der Waals surface area (Å²) in [4.78, 5) is 69.0. The highest BCUT2D eigenvalue weighted by Crippen LogP contribution is 2.42. The second-order valence-corrected chi connectivity index (χ2v) is 13.8. The summed E-state index contributed by atoms with van der Waals surface area (Å²) in [6.45, 7) is 1.18. The molecule has 7 atom stereocenters. The summed E-state index contributed by atoms with van der Waals surface area (Å²) in [6.07, 6.45) is 3.17. The van der Waals surface area contributed by atoms with Gasteiger partial charge < -0.3 is 31.5 Å². The Hall–Kier alpha value is -5.19. The Morgan fingerprint density at radius 3 is 1.53 bits per heavy atom. The van der Waals surface area contributed by atoms with E-state index >= 15 is 0 Å². The minimum absolute atomic E-state index is 0.00101. The van der Waals surface area contributed by atoms with Gasteiger partial charge >= 0.3 is 6.03 Å². The van der Waals surface area contributed by atoms with Gasteiger partial charge in [0, 0.05) is 67.3 Å². The predicted octanol–water partition coefficient (Wildman–Crippen LogP) is 2.99. The Morgan fingerprint density at radius 1 is 0.592 bits per heavy atom. The van der Waals surface area contributed by atoms with Gasteiger partial charge in [0.15, 0.2) is 0 Å². The molecule has 3 aromatic carbocycles. The van der Waals surface area contributed by atoms with Crippen LogP contribution in [0.15, 0.2) is 84.9 Å². The summed E-state index contributed by atoms with van der Waals surface area (Å²) in [6, 6.07) is 25.8. The van der Waals surface area contributed by atoms with Crippen LogP contribution in [0.2, 0.25) is 0 Å². The van der Waals surface area contributed by atoms with Crippen LogP contribution in [-0.4, -0.2) is 83.8 Å². The number of nitrogens with one attached hydrogen (secondary N) is 3. The molecule has 2 saturated carbocycles. The average Bonchev–Trinajstić information content (AvgIpc) is 4.03. The van der Waals surface area contributed by atoms with Crippen LogP contribution >= 0.6 is 0 Å². The molecule has 2 aliphatic carbocycles. The number of hydrogen-bond acceptors (Lipinski definition) is 5. The van der Waals surface area contributed by atoms with E-state index in [9.17, 15) is 24.0 Å². The molecular weight excluding hydrogens is 620 g/mol. The van der Waals surface area contributed by atoms with Gasteiger partial charge in [-0.15, -0.1) is 0 Å². The molecule has 4 fully saturated rings. The number of hydrogen-bond donors (Lipinski definition) is 4. The molecule has 2 heterocycles. The van der Waals surface area contributed by atoms with Crippen molar-refractivity contribution in [3.05, 3.63) is 107 Å². The largest absolute Gasteiger partial charge is 0.352 e. The van der Waals surface area contributed by atoms with E-state index in [1.165, 1.54) is 11.1 Å². The van der Waals surface area contributed by atoms with Crippen molar-refractivity contribution < 1.29 is 24.0 Å². The molecule has 7 rings (SSSR count). The third kappa shape index (κ3) is 7.30. The molecule has 3 aromatic rings. The van der Waals surface area contributed by atoms with Gasteiger partial charge in [-0.05, 0) is 61.1 Å². The minimum atomic E-state index is -0.684. The molecule has 254 valence electrons. The molecule has 2 saturated heterocycles. The topological polar surface area (TPSA) is 154 Å². The van der Waals surface area contributed by atoms with E-state index in [0.29, 0.717) is 24.2 Å². The zero-order valence-electron chi connectivity index (χ0n) is 27.3. The second kappa shape index (κ2) is 13.7. The predicted molar refractivity (Wildman–Crippen MR) is 182 cm³/mol. The van der Waals surface area contributed by atoms with Gasteiger partial charge in [0.2, 0.25) is 11.8 Å². The maximum Gasteiger partial charge on any atom is 0.312 e. The maximum atomic E-state index is 13.8. The van der Waals surface area contributed by atoms with Crippen molar-refractivity contribution in [2.24, 2.45) is 17.6 Å². The van der Waals surface area contributed by atoms with Gasteiger partial charge in [-0.2, -0.15) is 0 Å². The molecule has 0 aromatic heterocycles. The fraction of sp³-hybridized carbons (Fsp3) is 0.395. The van der Waals surface area contributed by atoms with Gasteiger partial charge in [-0.3, -0.25) is 19.2 Å². The van der Waals surface area contributed by atoms with Crippen LogP contribution in [0.3, 0.4) is 0 Å². The summed E-state index contributed by atoms with van der Waals surface area (Å²) < 4.78 is 0. The van der Waals surface area contributed by atoms with Crippen molar-refractivity contribution in [1.29, 1.82) is 0 Å². The van der Waals surface area contributed by atoms with E-state index in [1.807, 2.05) is 36.4 Å². The van der Waals surface area contributed by atoms with Crippen LogP contribution in [-0.2, 0) is 9.59 Å². The third-order valence-corrected chi connectivity index (χ3v) is 10.4. The first kappa shape index (κ1) is 32.4. The van der Waals surface area contributed by atoms with E-state index in [1.54, 1.807) is 34.1 Å². The smallest absolute Gasteiger partial charge is 0.312 e. The number of nitrogens with zero attached hydrogens (tertiary/aromatic N) is 2. The first-order valence-electron chi connectivity index (χ1n) is 17.2. The van der Waals surface area contributed by atoms with Gasteiger partial charge in [0.25, 0.3) is 11.8 Å². The number of nitrogens with two attached hydrogens (primary N) is 1. The van der Waals surface area contributed by atoms with Crippen molar-refractivity contribution in [3.8, 4) is 0 Å². The number of carbonyl (C=O) groups excluding carboxylic acids is 5. The fourth-order valence-electron chi connectivity index (χ4n) is 7.53. The fourth-order valence-corrected chi connectivity index (χ4v) is 7.53. The third-order valence-electron chi connectivity index (χ3n) is 10.4. The molecule has 0 radical (unpaired) electrons. The van der Waals surface area contributed by atoms with Crippen molar-refractivity contribution >= 4 is 29.7 Å². The molecule has 0 spiro atoms. The monoisotopic (exact) mass is 662 g/mol. The number of primary amides is 1. The molecular formula is C38H42N6O5. The number of benzene rings is 3. The van der Waals surface area contributed by atoms with E-state index in [2.05, 4.69) is 40.2 Å². The molecule has 2 aliphatic heterocycles. The molecule has 49 heavy (non-hydrogen) atoms. The zero-order chi connectivity index (χ0) is 34.1. The Kier molecular flexibility index (Phi) is 9.07. The van der Waals surface area contributed by atoms with Gasteiger partial charge in [-0.25, -0.2) is 4.79 Å². The molecule has 11 heteroatoms. The van der Waals surface area contributed by atoms with Crippen LogP contribution in [0.5, 0.6) is 0 Å². The van der Waals surface area contributed by atoms with Crippen LogP contribution in [0.4, 0.5) is 4.79 Å². The quantitative estimate of drug-likeness (QED) is 0.278. The summed E-state index contributed by atoms with van der Waals surface area (Å²) >= 11 is 0. The summed E-state index contributed by atoms with van der Waals surface area (Å²) in [5.74, 6) is -1.78. The Bertz CT molecular complexity index is 1640. The molecule has 5 N–H and O–H groups in total. The lowest BCUT2D eigenvalue weighted by Crippen LogP contribution is -2.50. The number of rotatable bonds is 9. The number of carbonyl (C=O) groups is 5. The van der Waals surface area contributed by atoms with E-state index in [4.69, 9.17) is 5.73 Å². The molecule has 6 amide bonds. The van der Waals surface area contributed by atoms with Crippen molar-refractivity contribution in [2.75, 3.05) is 26.2 Å². The Morgan fingerprint density at radius 2 is 1.06 bits per heavy atom. The van der Waals surface area contributed by atoms with E-state index in [-0.39, 0.29) is 66.7 Å². The van der Waals surface area contributed by atoms with Gasteiger partial charge in [0.1, 0.15) is 0 Å². The Labute approximate surface area is 285 Å². The summed E-state index contributed by atoms with van der Waals surface area (Å²) in [5, 5.41) is 9.02. The lowest BCUT2D eigenvalue weighted by molar-refractivity contribution is -0.133. The number of piperidine rings is 1. The minimum Gasteiger partial charge on any atom is -0.352 e. The lowest BCUT2D eigenvalue weighted by atomic mass is 9.94. The highest BCUT2D eigenvalue weighted by atomic mass is 16.2. The number of likely N-dealkylation sites (tertiary alicyclic amines) is 2. The Balaban J connectivity index is 1.02. The molecule has 0 bridgehead atoms. The number of urea groups is 1. The average molecular weight is 663 g/mol. The van der Waals surface area contributed by atoms with Gasteiger partial charge in [0.05, 0.1) is 11.8 Å². The highest BCUT2D eigenvalue weighted by molar-refractivity contribution is 5.99. The summed E-state index contributed by atoms with van der Waals surface area (Å²) in [7, 11) is 0. The van der Waals surface area contributed by atoms with Crippen molar-refractivity contribution in [2.45, 2.75) is 55.6 Å².